The van der Waals surface area contributed by atoms with Crippen molar-refractivity contribution in [3.05, 3.63) is 59.7 Å². The van der Waals surface area contributed by atoms with Crippen LogP contribution in [0.2, 0.25) is 0 Å². The first-order chi connectivity index (χ1) is 13.3. The maximum atomic E-state index is 5.75. The molecule has 6 nitrogen and oxygen atoms in total. The molecule has 0 fully saturated rings. The molecule has 7 heteroatoms. The van der Waals surface area contributed by atoms with Gasteiger partial charge in [0.25, 0.3) is 0 Å². The van der Waals surface area contributed by atoms with E-state index in [0.717, 1.165) is 35.0 Å². The second-order valence-corrected chi connectivity index (χ2v) is 5.93. The van der Waals surface area contributed by atoms with Gasteiger partial charge in [-0.1, -0.05) is 30.3 Å². The largest absolute Gasteiger partial charge is 0.496 e. The molecule has 2 aromatic carbocycles. The van der Waals surface area contributed by atoms with Gasteiger partial charge in [0.2, 0.25) is 0 Å². The van der Waals surface area contributed by atoms with Gasteiger partial charge in [0.1, 0.15) is 11.5 Å². The molecule has 154 valence electrons. The molecule has 0 heterocycles. The van der Waals surface area contributed by atoms with Crippen LogP contribution >= 0.6 is 24.0 Å². The number of para-hydroxylation sites is 1. The molecule has 2 N–H and O–H groups in total. The second-order valence-electron chi connectivity index (χ2n) is 5.93. The fraction of sp³-hybridized carbons (Fsp3) is 0.381. The summed E-state index contributed by atoms with van der Waals surface area (Å²) in [7, 11) is 5.13. The van der Waals surface area contributed by atoms with E-state index in [1.807, 2.05) is 42.5 Å². The third kappa shape index (κ3) is 8.35. The number of hydrogen-bond donors (Lipinski definition) is 2. The van der Waals surface area contributed by atoms with Crippen molar-refractivity contribution >= 4 is 29.9 Å². The van der Waals surface area contributed by atoms with E-state index in [1.54, 1.807) is 21.3 Å². The maximum absolute atomic E-state index is 5.75. The highest BCUT2D eigenvalue weighted by Gasteiger charge is 2.04. The van der Waals surface area contributed by atoms with Crippen LogP contribution < -0.4 is 20.1 Å². The summed E-state index contributed by atoms with van der Waals surface area (Å²) in [5.74, 6) is 2.45. The number of benzene rings is 2. The van der Waals surface area contributed by atoms with Gasteiger partial charge in [-0.05, 0) is 23.8 Å². The molecular weight excluding hydrogens is 469 g/mol. The Morgan fingerprint density at radius 1 is 0.964 bits per heavy atom. The van der Waals surface area contributed by atoms with Crippen LogP contribution in [0.4, 0.5) is 0 Å². The molecule has 0 saturated carbocycles. The van der Waals surface area contributed by atoms with Crippen LogP contribution in [0, 0.1) is 0 Å². The molecule has 28 heavy (non-hydrogen) atoms. The Morgan fingerprint density at radius 2 is 1.75 bits per heavy atom. The van der Waals surface area contributed by atoms with Gasteiger partial charge in [-0.2, -0.15) is 0 Å². The number of nitrogens with one attached hydrogen (secondary N) is 2. The zero-order valence-electron chi connectivity index (χ0n) is 16.7. The summed E-state index contributed by atoms with van der Waals surface area (Å²) < 4.78 is 16.2. The van der Waals surface area contributed by atoms with Crippen LogP contribution in [0.3, 0.4) is 0 Å². The minimum atomic E-state index is 0. The summed E-state index contributed by atoms with van der Waals surface area (Å²) in [4.78, 5) is 4.27. The molecule has 0 radical (unpaired) electrons. The van der Waals surface area contributed by atoms with Crippen LogP contribution in [0.1, 0.15) is 17.5 Å². The predicted octanol–water partition coefficient (Wildman–Crippen LogP) is 3.59. The van der Waals surface area contributed by atoms with Gasteiger partial charge in [0.05, 0.1) is 13.7 Å². The number of methoxy groups -OCH3 is 2. The highest BCUT2D eigenvalue weighted by molar-refractivity contribution is 14.0. The number of rotatable bonds is 10. The van der Waals surface area contributed by atoms with Crippen molar-refractivity contribution in [3.63, 3.8) is 0 Å². The molecule has 0 bridgehead atoms. The minimum Gasteiger partial charge on any atom is -0.496 e. The number of halogens is 1. The Balaban J connectivity index is 0.00000392. The van der Waals surface area contributed by atoms with E-state index in [-0.39, 0.29) is 24.0 Å². The summed E-state index contributed by atoms with van der Waals surface area (Å²) in [5.41, 5.74) is 2.20. The Labute approximate surface area is 184 Å². The lowest BCUT2D eigenvalue weighted by molar-refractivity contribution is 0.172. The average molecular weight is 499 g/mol. The average Bonchev–Trinajstić information content (AvgIpc) is 2.72. The Bertz CT molecular complexity index is 726. The fourth-order valence-electron chi connectivity index (χ4n) is 2.57. The van der Waals surface area contributed by atoms with Gasteiger partial charge in [-0.25, -0.2) is 0 Å². The maximum Gasteiger partial charge on any atom is 0.191 e. The van der Waals surface area contributed by atoms with Crippen LogP contribution in [-0.2, 0) is 17.8 Å². The molecule has 0 atom stereocenters. The van der Waals surface area contributed by atoms with Crippen LogP contribution in [0.5, 0.6) is 11.5 Å². The Kier molecular flexibility index (Phi) is 12.1. The minimum absolute atomic E-state index is 0. The van der Waals surface area contributed by atoms with E-state index in [1.165, 1.54) is 0 Å². The van der Waals surface area contributed by atoms with Gasteiger partial charge >= 0.3 is 0 Å². The van der Waals surface area contributed by atoms with Crippen LogP contribution in [0.15, 0.2) is 53.5 Å². The van der Waals surface area contributed by atoms with E-state index in [2.05, 4.69) is 21.7 Å². The Morgan fingerprint density at radius 3 is 2.50 bits per heavy atom. The van der Waals surface area contributed by atoms with Crippen molar-refractivity contribution in [2.45, 2.75) is 19.5 Å². The first kappa shape index (κ1) is 24.0. The van der Waals surface area contributed by atoms with Crippen molar-refractivity contribution in [2.24, 2.45) is 4.99 Å². The second kappa shape index (κ2) is 14.1. The summed E-state index contributed by atoms with van der Waals surface area (Å²) in [6, 6.07) is 16.0. The molecule has 0 aromatic heterocycles. The van der Waals surface area contributed by atoms with E-state index < -0.39 is 0 Å². The lowest BCUT2D eigenvalue weighted by Gasteiger charge is -2.14. The molecule has 0 unspecified atom stereocenters. The van der Waals surface area contributed by atoms with Gasteiger partial charge in [-0.15, -0.1) is 24.0 Å². The van der Waals surface area contributed by atoms with Crippen LogP contribution in [-0.4, -0.2) is 40.4 Å². The standard InChI is InChI=1S/C21H29N3O3.HI/c1-22-21(24-16-18-9-4-5-11-20(18)26-3)23-15-17-8-6-10-19(14-17)27-13-7-12-25-2;/h4-6,8-11,14H,7,12-13,15-16H2,1-3H3,(H2,22,23,24);1H. The lowest BCUT2D eigenvalue weighted by Crippen LogP contribution is -2.36. The number of aliphatic imine (C=N–C) groups is 1. The summed E-state index contributed by atoms with van der Waals surface area (Å²) in [6.45, 7) is 2.63. The van der Waals surface area contributed by atoms with E-state index in [9.17, 15) is 0 Å². The number of guanidine groups is 1. The highest BCUT2D eigenvalue weighted by atomic mass is 127. The summed E-state index contributed by atoms with van der Waals surface area (Å²) >= 11 is 0. The van der Waals surface area contributed by atoms with Crippen molar-refractivity contribution in [1.29, 1.82) is 0 Å². The molecule has 0 aliphatic rings. The quantitative estimate of drug-likeness (QED) is 0.227. The summed E-state index contributed by atoms with van der Waals surface area (Å²) in [5, 5.41) is 6.63. The normalized spacial score (nSPS) is 10.8. The fourth-order valence-corrected chi connectivity index (χ4v) is 2.57. The number of hydrogen-bond acceptors (Lipinski definition) is 4. The topological polar surface area (TPSA) is 64.1 Å². The first-order valence-corrected chi connectivity index (χ1v) is 9.04. The van der Waals surface area contributed by atoms with Crippen molar-refractivity contribution < 1.29 is 14.2 Å². The van der Waals surface area contributed by atoms with Gasteiger partial charge < -0.3 is 24.8 Å². The smallest absolute Gasteiger partial charge is 0.191 e. The summed E-state index contributed by atoms with van der Waals surface area (Å²) in [6.07, 6.45) is 0.873. The highest BCUT2D eigenvalue weighted by Crippen LogP contribution is 2.16. The molecule has 0 aliphatic carbocycles. The van der Waals surface area contributed by atoms with Gasteiger partial charge in [0, 0.05) is 45.8 Å². The third-order valence-corrected chi connectivity index (χ3v) is 3.98. The van der Waals surface area contributed by atoms with Crippen LogP contribution in [0.25, 0.3) is 0 Å². The molecule has 0 aliphatic heterocycles. The van der Waals surface area contributed by atoms with Gasteiger partial charge in [-0.3, -0.25) is 4.99 Å². The van der Waals surface area contributed by atoms with Crippen molar-refractivity contribution in [3.8, 4) is 11.5 Å². The monoisotopic (exact) mass is 499 g/mol. The lowest BCUT2D eigenvalue weighted by atomic mass is 10.2. The molecule has 2 aromatic rings. The molecule has 0 amide bonds. The van der Waals surface area contributed by atoms with Gasteiger partial charge in [0.15, 0.2) is 5.96 Å². The zero-order valence-corrected chi connectivity index (χ0v) is 19.1. The molecular formula is C21H30IN3O3. The number of nitrogens with zero attached hydrogens (tertiary/aromatic N) is 1. The predicted molar refractivity (Wildman–Crippen MR) is 124 cm³/mol. The molecule has 2 rings (SSSR count). The molecule has 0 spiro atoms. The van der Waals surface area contributed by atoms with E-state index >= 15 is 0 Å². The zero-order chi connectivity index (χ0) is 19.3. The van der Waals surface area contributed by atoms with E-state index in [4.69, 9.17) is 14.2 Å². The van der Waals surface area contributed by atoms with Crippen molar-refractivity contribution in [2.75, 3.05) is 34.5 Å². The first-order valence-electron chi connectivity index (χ1n) is 9.04. The number of ether oxygens (including phenoxy) is 3. The van der Waals surface area contributed by atoms with Crippen molar-refractivity contribution in [1.82, 2.24) is 10.6 Å². The molecule has 0 saturated heterocycles. The third-order valence-electron chi connectivity index (χ3n) is 3.98. The Hall–Kier alpha value is -2.00. The van der Waals surface area contributed by atoms with E-state index in [0.29, 0.717) is 26.3 Å². The SMILES string of the molecule is CN=C(NCc1cccc(OCCCOC)c1)NCc1ccccc1OC.I.